The summed E-state index contributed by atoms with van der Waals surface area (Å²) in [5, 5.41) is 0. The van der Waals surface area contributed by atoms with E-state index in [0.717, 1.165) is 25.1 Å². The maximum atomic E-state index is 6.32. The Balaban J connectivity index is 2.42. The third-order valence-corrected chi connectivity index (χ3v) is 5.43. The molecule has 2 nitrogen and oxygen atoms in total. The van der Waals surface area contributed by atoms with Gasteiger partial charge in [-0.25, -0.2) is 0 Å². The van der Waals surface area contributed by atoms with E-state index < -0.39 is 0 Å². The molecule has 0 amide bonds. The van der Waals surface area contributed by atoms with Crippen molar-refractivity contribution in [1.29, 1.82) is 0 Å². The van der Waals surface area contributed by atoms with Gasteiger partial charge >= 0.3 is 0 Å². The minimum atomic E-state index is -0.164. The van der Waals surface area contributed by atoms with E-state index in [1.54, 1.807) is 18.4 Å². The number of benzene rings is 1. The van der Waals surface area contributed by atoms with Crippen LogP contribution in [-0.2, 0) is 0 Å². The minimum absolute atomic E-state index is 0.164. The number of ether oxygens (including phenoxy) is 1. The van der Waals surface area contributed by atoms with Gasteiger partial charge in [0.2, 0.25) is 0 Å². The monoisotopic (exact) mass is 389 g/mol. The third-order valence-electron chi connectivity index (χ3n) is 2.71. The van der Waals surface area contributed by atoms with Gasteiger partial charge in [-0.1, -0.05) is 22.0 Å². The van der Waals surface area contributed by atoms with Gasteiger partial charge in [-0.15, -0.1) is 11.3 Å². The molecule has 1 aromatic heterocycles. The molecule has 1 unspecified atom stereocenters. The van der Waals surface area contributed by atoms with Crippen molar-refractivity contribution in [1.82, 2.24) is 0 Å². The van der Waals surface area contributed by atoms with Crippen LogP contribution in [0.1, 0.15) is 21.4 Å². The Morgan fingerprint density at radius 1 is 1.28 bits per heavy atom. The lowest BCUT2D eigenvalue weighted by molar-refractivity contribution is 0.407. The highest BCUT2D eigenvalue weighted by molar-refractivity contribution is 9.10. The Kier molecular flexibility index (Phi) is 4.48. The van der Waals surface area contributed by atoms with Crippen molar-refractivity contribution >= 4 is 43.2 Å². The Hall–Kier alpha value is -0.360. The maximum Gasteiger partial charge on any atom is 0.125 e. The van der Waals surface area contributed by atoms with Crippen LogP contribution in [0.25, 0.3) is 0 Å². The molecule has 1 atom stereocenters. The molecule has 0 aliphatic carbocycles. The fourth-order valence-electron chi connectivity index (χ4n) is 1.73. The van der Waals surface area contributed by atoms with Gasteiger partial charge in [0.15, 0.2) is 0 Å². The summed E-state index contributed by atoms with van der Waals surface area (Å²) in [5.74, 6) is 0.805. The van der Waals surface area contributed by atoms with Gasteiger partial charge in [-0.2, -0.15) is 0 Å². The van der Waals surface area contributed by atoms with E-state index in [9.17, 15) is 0 Å². The lowest BCUT2D eigenvalue weighted by Crippen LogP contribution is -2.11. The first kappa shape index (κ1) is 14.1. The summed E-state index contributed by atoms with van der Waals surface area (Å²) in [6, 6.07) is 7.82. The molecule has 0 bridgehead atoms. The van der Waals surface area contributed by atoms with Crippen LogP contribution in [0.2, 0.25) is 0 Å². The number of aryl methyl sites for hydroxylation is 1. The van der Waals surface area contributed by atoms with Crippen LogP contribution in [0.5, 0.6) is 5.75 Å². The quantitative estimate of drug-likeness (QED) is 0.828. The largest absolute Gasteiger partial charge is 0.496 e. The van der Waals surface area contributed by atoms with Gasteiger partial charge in [-0.05, 0) is 41.1 Å². The molecular weight excluding hydrogens is 378 g/mol. The first-order chi connectivity index (χ1) is 8.52. The smallest absolute Gasteiger partial charge is 0.125 e. The standard InChI is InChI=1S/C13H13Br2NOS/c1-7-10(15)6-12(18-7)13(16)9-4-3-8(14)5-11(9)17-2/h3-6,13H,16H2,1-2H3. The molecule has 0 saturated heterocycles. The minimum Gasteiger partial charge on any atom is -0.496 e. The lowest BCUT2D eigenvalue weighted by Gasteiger charge is -2.14. The van der Waals surface area contributed by atoms with E-state index in [1.807, 2.05) is 18.2 Å². The Morgan fingerprint density at radius 2 is 2.00 bits per heavy atom. The second-order valence-corrected chi connectivity index (χ2v) is 6.97. The molecule has 2 N–H and O–H groups in total. The van der Waals surface area contributed by atoms with E-state index in [-0.39, 0.29) is 6.04 Å². The van der Waals surface area contributed by atoms with Crippen LogP contribution in [0.3, 0.4) is 0 Å². The first-order valence-corrected chi connectivity index (χ1v) is 7.78. The summed E-state index contributed by atoms with van der Waals surface area (Å²) in [7, 11) is 1.66. The number of thiophene rings is 1. The highest BCUT2D eigenvalue weighted by atomic mass is 79.9. The Bertz CT molecular complexity index is 549. The van der Waals surface area contributed by atoms with E-state index >= 15 is 0 Å². The van der Waals surface area contributed by atoms with Crippen LogP contribution < -0.4 is 10.5 Å². The van der Waals surface area contributed by atoms with Gasteiger partial charge in [0.05, 0.1) is 13.2 Å². The fraction of sp³-hybridized carbons (Fsp3) is 0.231. The van der Waals surface area contributed by atoms with E-state index in [2.05, 4.69) is 44.8 Å². The van der Waals surface area contributed by atoms with Crippen molar-refractivity contribution in [2.24, 2.45) is 5.73 Å². The van der Waals surface area contributed by atoms with Gasteiger partial charge in [0.25, 0.3) is 0 Å². The van der Waals surface area contributed by atoms with Crippen LogP contribution in [0, 0.1) is 6.92 Å². The maximum absolute atomic E-state index is 6.32. The molecular formula is C13H13Br2NOS. The van der Waals surface area contributed by atoms with Gasteiger partial charge in [0.1, 0.15) is 5.75 Å². The van der Waals surface area contributed by atoms with Crippen LogP contribution in [0.4, 0.5) is 0 Å². The summed E-state index contributed by atoms with van der Waals surface area (Å²) in [6.45, 7) is 2.07. The van der Waals surface area contributed by atoms with Crippen molar-refractivity contribution in [2.75, 3.05) is 7.11 Å². The van der Waals surface area contributed by atoms with Crippen molar-refractivity contribution < 1.29 is 4.74 Å². The second-order valence-electron chi connectivity index (χ2n) is 3.92. The van der Waals surface area contributed by atoms with Crippen molar-refractivity contribution in [2.45, 2.75) is 13.0 Å². The molecule has 0 radical (unpaired) electrons. The third kappa shape index (κ3) is 2.79. The SMILES string of the molecule is COc1cc(Br)ccc1C(N)c1cc(Br)c(C)s1. The van der Waals surface area contributed by atoms with Gasteiger partial charge < -0.3 is 10.5 Å². The predicted molar refractivity (Wildman–Crippen MR) is 83.5 cm³/mol. The van der Waals surface area contributed by atoms with Crippen LogP contribution in [0.15, 0.2) is 33.2 Å². The van der Waals surface area contributed by atoms with Crippen molar-refractivity contribution in [3.63, 3.8) is 0 Å². The summed E-state index contributed by atoms with van der Waals surface area (Å²) in [4.78, 5) is 2.36. The van der Waals surface area contributed by atoms with E-state index in [0.29, 0.717) is 0 Å². The number of rotatable bonds is 3. The summed E-state index contributed by atoms with van der Waals surface area (Å²) >= 11 is 8.65. The zero-order chi connectivity index (χ0) is 13.3. The molecule has 96 valence electrons. The van der Waals surface area contributed by atoms with E-state index in [1.165, 1.54) is 4.88 Å². The van der Waals surface area contributed by atoms with Crippen molar-refractivity contribution in [3.8, 4) is 5.75 Å². The first-order valence-electron chi connectivity index (χ1n) is 5.37. The lowest BCUT2D eigenvalue weighted by atomic mass is 10.1. The number of hydrogen-bond donors (Lipinski definition) is 1. The van der Waals surface area contributed by atoms with Gasteiger partial charge in [0, 0.05) is 24.3 Å². The molecule has 0 fully saturated rings. The Morgan fingerprint density at radius 3 is 2.56 bits per heavy atom. The van der Waals surface area contributed by atoms with Crippen LogP contribution in [-0.4, -0.2) is 7.11 Å². The summed E-state index contributed by atoms with van der Waals surface area (Å²) in [6.07, 6.45) is 0. The highest BCUT2D eigenvalue weighted by Gasteiger charge is 2.17. The average molecular weight is 391 g/mol. The fourth-order valence-corrected chi connectivity index (χ4v) is 3.65. The normalized spacial score (nSPS) is 12.5. The zero-order valence-corrected chi connectivity index (χ0v) is 14.0. The summed E-state index contributed by atoms with van der Waals surface area (Å²) < 4.78 is 7.48. The second kappa shape index (κ2) is 5.74. The predicted octanol–water partition coefficient (Wildman–Crippen LogP) is 4.64. The van der Waals surface area contributed by atoms with E-state index in [4.69, 9.17) is 10.5 Å². The molecule has 0 aliphatic rings. The Labute approximate surface area is 127 Å². The molecule has 0 spiro atoms. The van der Waals surface area contributed by atoms with Crippen molar-refractivity contribution in [3.05, 3.63) is 48.5 Å². The molecule has 5 heteroatoms. The molecule has 2 rings (SSSR count). The average Bonchev–Trinajstić information content (AvgIpc) is 2.68. The topological polar surface area (TPSA) is 35.2 Å². The summed E-state index contributed by atoms with van der Waals surface area (Å²) in [5.41, 5.74) is 7.31. The molecule has 0 saturated carbocycles. The number of hydrogen-bond acceptors (Lipinski definition) is 3. The number of nitrogens with two attached hydrogens (primary N) is 1. The molecule has 2 aromatic rings. The number of methoxy groups -OCH3 is 1. The molecule has 1 heterocycles. The van der Waals surface area contributed by atoms with Gasteiger partial charge in [-0.3, -0.25) is 0 Å². The highest BCUT2D eigenvalue weighted by Crippen LogP contribution is 2.36. The zero-order valence-electron chi connectivity index (χ0n) is 10.0. The number of halogens is 2. The molecule has 1 aromatic carbocycles. The van der Waals surface area contributed by atoms with Crippen LogP contribution >= 0.6 is 43.2 Å². The molecule has 18 heavy (non-hydrogen) atoms. The molecule has 0 aliphatic heterocycles.